The topological polar surface area (TPSA) is 90.9 Å². The average Bonchev–Trinajstić information content (AvgIpc) is 3.05. The molecule has 0 aromatic carbocycles. The summed E-state index contributed by atoms with van der Waals surface area (Å²) in [7, 11) is 0. The van der Waals surface area contributed by atoms with Crippen molar-refractivity contribution in [2.45, 2.75) is 30.5 Å². The minimum absolute atomic E-state index is 0.0266. The third-order valence-corrected chi connectivity index (χ3v) is 6.87. The molecule has 26 heavy (non-hydrogen) atoms. The molecule has 1 amide bonds. The van der Waals surface area contributed by atoms with Crippen LogP contribution in [-0.2, 0) is 11.2 Å². The maximum Gasteiger partial charge on any atom is 0.222 e. The maximum atomic E-state index is 12.5. The molecule has 0 saturated heterocycles. The largest absolute Gasteiger partial charge is 0.369 e. The van der Waals surface area contributed by atoms with Crippen molar-refractivity contribution in [1.29, 1.82) is 0 Å². The summed E-state index contributed by atoms with van der Waals surface area (Å²) >= 11 is 4.39. The van der Waals surface area contributed by atoms with E-state index in [1.807, 2.05) is 17.5 Å². The predicted octanol–water partition coefficient (Wildman–Crippen LogP) is 3.41. The van der Waals surface area contributed by atoms with Crippen LogP contribution in [0.15, 0.2) is 34.8 Å². The summed E-state index contributed by atoms with van der Waals surface area (Å²) in [4.78, 5) is 26.0. The van der Waals surface area contributed by atoms with Crippen molar-refractivity contribution in [3.05, 3.63) is 39.4 Å². The lowest BCUT2D eigenvalue weighted by atomic mass is 10.3. The molecular weight excluding hydrogens is 388 g/mol. The summed E-state index contributed by atoms with van der Waals surface area (Å²) in [5, 5.41) is 11.5. The van der Waals surface area contributed by atoms with Crippen LogP contribution >= 0.6 is 34.4 Å². The summed E-state index contributed by atoms with van der Waals surface area (Å²) in [6.45, 7) is 0. The van der Waals surface area contributed by atoms with Crippen molar-refractivity contribution in [2.75, 3.05) is 5.75 Å². The van der Waals surface area contributed by atoms with Crippen LogP contribution in [0, 0.1) is 0 Å². The summed E-state index contributed by atoms with van der Waals surface area (Å²) in [6.07, 6.45) is 2.42. The van der Waals surface area contributed by atoms with E-state index in [1.54, 1.807) is 23.5 Å². The SMILES string of the molecule is NC(=O)Cc1ccc(C(=O)CSc2nnc(-c3cccs3)n2C2CC2)s1. The molecule has 4 rings (SSSR count). The molecule has 0 spiro atoms. The molecule has 3 aromatic heterocycles. The molecule has 0 atom stereocenters. The standard InChI is InChI=1S/C17H16N4O2S3/c18-15(23)8-11-5-6-13(26-11)12(22)9-25-17-20-19-16(14-2-1-7-24-14)21(17)10-3-4-10/h1-2,5-7,10H,3-4,8-9H2,(H2,18,23). The van der Waals surface area contributed by atoms with Gasteiger partial charge in [-0.1, -0.05) is 17.8 Å². The van der Waals surface area contributed by atoms with Crippen LogP contribution in [0.5, 0.6) is 0 Å². The fraction of sp³-hybridized carbons (Fsp3) is 0.294. The number of hydrogen-bond donors (Lipinski definition) is 1. The molecule has 1 fully saturated rings. The Labute approximate surface area is 162 Å². The number of rotatable bonds is 8. The Kier molecular flexibility index (Phi) is 4.92. The number of hydrogen-bond acceptors (Lipinski definition) is 7. The lowest BCUT2D eigenvalue weighted by molar-refractivity contribution is -0.117. The number of thiophene rings is 2. The Morgan fingerprint density at radius 1 is 1.27 bits per heavy atom. The zero-order valence-corrected chi connectivity index (χ0v) is 16.2. The number of Topliss-reactive ketones (excluding diaryl/α,β-unsaturated/α-hetero) is 1. The first-order chi connectivity index (χ1) is 12.6. The fourth-order valence-electron chi connectivity index (χ4n) is 2.61. The maximum absolute atomic E-state index is 12.5. The Balaban J connectivity index is 1.47. The van der Waals surface area contributed by atoms with E-state index in [4.69, 9.17) is 5.73 Å². The molecule has 0 bridgehead atoms. The van der Waals surface area contributed by atoms with Gasteiger partial charge in [0.1, 0.15) is 0 Å². The second-order valence-corrected chi connectivity index (χ2v) is 9.06. The van der Waals surface area contributed by atoms with Gasteiger partial charge in [-0.2, -0.15) is 0 Å². The van der Waals surface area contributed by atoms with Crippen molar-refractivity contribution in [1.82, 2.24) is 14.8 Å². The van der Waals surface area contributed by atoms with Crippen LogP contribution in [-0.4, -0.2) is 32.2 Å². The Morgan fingerprint density at radius 3 is 2.81 bits per heavy atom. The lowest BCUT2D eigenvalue weighted by Gasteiger charge is -2.07. The van der Waals surface area contributed by atoms with Gasteiger partial charge >= 0.3 is 0 Å². The van der Waals surface area contributed by atoms with Gasteiger partial charge in [-0.05, 0) is 36.4 Å². The number of carbonyl (C=O) groups excluding carboxylic acids is 2. The number of nitrogens with two attached hydrogens (primary N) is 1. The molecule has 2 N–H and O–H groups in total. The van der Waals surface area contributed by atoms with E-state index < -0.39 is 0 Å². The molecule has 0 unspecified atom stereocenters. The first-order valence-electron chi connectivity index (χ1n) is 8.13. The second kappa shape index (κ2) is 7.34. The number of primary amides is 1. The summed E-state index contributed by atoms with van der Waals surface area (Å²) in [5.74, 6) is 0.821. The summed E-state index contributed by atoms with van der Waals surface area (Å²) in [5.41, 5.74) is 5.20. The van der Waals surface area contributed by atoms with Gasteiger partial charge < -0.3 is 5.73 Å². The summed E-state index contributed by atoms with van der Waals surface area (Å²) in [6, 6.07) is 8.02. The normalized spacial score (nSPS) is 13.8. The minimum atomic E-state index is -0.390. The lowest BCUT2D eigenvalue weighted by Crippen LogP contribution is -2.12. The third-order valence-electron chi connectivity index (χ3n) is 3.94. The Morgan fingerprint density at radius 2 is 2.12 bits per heavy atom. The fourth-order valence-corrected chi connectivity index (χ4v) is 5.25. The molecule has 6 nitrogen and oxygen atoms in total. The van der Waals surface area contributed by atoms with Gasteiger partial charge in [0, 0.05) is 10.9 Å². The van der Waals surface area contributed by atoms with Crippen LogP contribution in [0.3, 0.4) is 0 Å². The van der Waals surface area contributed by atoms with Crippen molar-refractivity contribution in [3.63, 3.8) is 0 Å². The van der Waals surface area contributed by atoms with E-state index in [0.717, 1.165) is 33.6 Å². The van der Waals surface area contributed by atoms with E-state index in [0.29, 0.717) is 16.7 Å². The third kappa shape index (κ3) is 3.74. The van der Waals surface area contributed by atoms with Gasteiger partial charge in [-0.25, -0.2) is 0 Å². The molecule has 0 radical (unpaired) electrons. The van der Waals surface area contributed by atoms with Crippen molar-refractivity contribution >= 4 is 46.1 Å². The van der Waals surface area contributed by atoms with Gasteiger partial charge in [-0.3, -0.25) is 14.2 Å². The first kappa shape index (κ1) is 17.4. The molecule has 134 valence electrons. The molecule has 1 saturated carbocycles. The van der Waals surface area contributed by atoms with Crippen LogP contribution in [0.25, 0.3) is 10.7 Å². The van der Waals surface area contributed by atoms with Crippen LogP contribution in [0.1, 0.15) is 33.4 Å². The number of amides is 1. The van der Waals surface area contributed by atoms with Crippen molar-refractivity contribution < 1.29 is 9.59 Å². The van der Waals surface area contributed by atoms with Gasteiger partial charge in [0.15, 0.2) is 16.8 Å². The molecular formula is C17H16N4O2S3. The highest BCUT2D eigenvalue weighted by Gasteiger charge is 2.30. The predicted molar refractivity (Wildman–Crippen MR) is 104 cm³/mol. The zero-order valence-electron chi connectivity index (χ0n) is 13.8. The number of carbonyl (C=O) groups is 2. The Bertz CT molecular complexity index is 941. The molecule has 3 heterocycles. The first-order valence-corrected chi connectivity index (χ1v) is 10.8. The zero-order chi connectivity index (χ0) is 18.1. The van der Waals surface area contributed by atoms with Gasteiger partial charge in [0.05, 0.1) is 21.9 Å². The minimum Gasteiger partial charge on any atom is -0.369 e. The number of nitrogens with zero attached hydrogens (tertiary/aromatic N) is 3. The van der Waals surface area contributed by atoms with E-state index in [2.05, 4.69) is 14.8 Å². The van der Waals surface area contributed by atoms with Gasteiger partial charge in [-0.15, -0.1) is 32.9 Å². The van der Waals surface area contributed by atoms with Gasteiger partial charge in [0.25, 0.3) is 0 Å². The van der Waals surface area contributed by atoms with Crippen LogP contribution in [0.4, 0.5) is 0 Å². The highest BCUT2D eigenvalue weighted by atomic mass is 32.2. The molecule has 1 aliphatic rings. The monoisotopic (exact) mass is 404 g/mol. The quantitative estimate of drug-likeness (QED) is 0.459. The highest BCUT2D eigenvalue weighted by molar-refractivity contribution is 7.99. The van der Waals surface area contributed by atoms with E-state index in [9.17, 15) is 9.59 Å². The van der Waals surface area contributed by atoms with E-state index in [1.165, 1.54) is 23.1 Å². The van der Waals surface area contributed by atoms with Crippen molar-refractivity contribution in [2.24, 2.45) is 5.73 Å². The Hall–Kier alpha value is -1.97. The van der Waals surface area contributed by atoms with Gasteiger partial charge in [0.2, 0.25) is 5.91 Å². The number of ketones is 1. The molecule has 1 aliphatic carbocycles. The van der Waals surface area contributed by atoms with Crippen LogP contribution < -0.4 is 5.73 Å². The van der Waals surface area contributed by atoms with E-state index >= 15 is 0 Å². The van der Waals surface area contributed by atoms with Crippen molar-refractivity contribution in [3.8, 4) is 10.7 Å². The smallest absolute Gasteiger partial charge is 0.222 e. The average molecular weight is 405 g/mol. The number of thioether (sulfide) groups is 1. The highest BCUT2D eigenvalue weighted by Crippen LogP contribution is 2.41. The molecule has 9 heteroatoms. The molecule has 3 aromatic rings. The molecule has 0 aliphatic heterocycles. The number of aromatic nitrogens is 3. The van der Waals surface area contributed by atoms with E-state index in [-0.39, 0.29) is 18.1 Å². The van der Waals surface area contributed by atoms with Crippen LogP contribution in [0.2, 0.25) is 0 Å². The summed E-state index contributed by atoms with van der Waals surface area (Å²) < 4.78 is 2.16. The second-order valence-electron chi connectivity index (χ2n) is 6.01.